The van der Waals surface area contributed by atoms with Gasteiger partial charge in [-0.25, -0.2) is 17.7 Å². The molecule has 0 radical (unpaired) electrons. The van der Waals surface area contributed by atoms with Crippen LogP contribution in [0.4, 0.5) is 0 Å². The second-order valence-corrected chi connectivity index (χ2v) is 11.6. The van der Waals surface area contributed by atoms with Gasteiger partial charge in [-0.05, 0) is 63.6 Å². The number of aryl methyl sites for hydroxylation is 6. The molecule has 0 aromatic heterocycles. The largest absolute Gasteiger partial charge is 4.00 e. The van der Waals surface area contributed by atoms with Crippen molar-refractivity contribution in [2.75, 3.05) is 0 Å². The minimum Gasteiger partial charge on any atom is -1.00 e. The molecule has 4 heteroatoms. The van der Waals surface area contributed by atoms with Crippen LogP contribution in [0.1, 0.15) is 77.3 Å². The van der Waals surface area contributed by atoms with Crippen LogP contribution in [0, 0.1) is 53.0 Å². The Labute approximate surface area is 264 Å². The summed E-state index contributed by atoms with van der Waals surface area (Å²) in [5.74, 6) is 0. The van der Waals surface area contributed by atoms with E-state index in [0.29, 0.717) is 0 Å². The fraction of sp³-hybridized carbons (Fsp3) is 0.353. The Hall–Kier alpha value is -1.28. The van der Waals surface area contributed by atoms with Crippen molar-refractivity contribution in [1.82, 2.24) is 0 Å². The van der Waals surface area contributed by atoms with Gasteiger partial charge in [0, 0.05) is 5.41 Å². The SMILES string of the molecule is Cc1cc(C)cc(C(C2=[C-]C(C(C)(C)C)=CC2)(c2cc(C)cc(C)c2)c2cc(C)cc(C)c2)c1.[Cl-].[Cl-].[Cl-].[Ti+4]. The molecule has 0 atom stereocenters. The molecule has 0 aliphatic heterocycles. The van der Waals surface area contributed by atoms with Crippen LogP contribution in [0.15, 0.2) is 71.8 Å². The van der Waals surface area contributed by atoms with Crippen molar-refractivity contribution in [1.29, 1.82) is 0 Å². The quantitative estimate of drug-likeness (QED) is 0.224. The second kappa shape index (κ2) is 13.9. The molecule has 3 aromatic rings. The molecule has 1 aliphatic rings. The number of hydrogen-bond acceptors (Lipinski definition) is 0. The summed E-state index contributed by atoms with van der Waals surface area (Å²) in [5, 5.41) is 0. The fourth-order valence-corrected chi connectivity index (χ4v) is 5.81. The Bertz CT molecular complexity index is 1140. The monoisotopic (exact) mass is 600 g/mol. The average molecular weight is 602 g/mol. The van der Waals surface area contributed by atoms with Crippen LogP contribution in [0.3, 0.4) is 0 Å². The first kappa shape index (κ1) is 36.7. The Balaban J connectivity index is 0.00000342. The molecular formula is C34H39Cl3Ti. The van der Waals surface area contributed by atoms with Crippen molar-refractivity contribution < 1.29 is 58.9 Å². The average Bonchev–Trinajstić information content (AvgIpc) is 3.17. The molecule has 0 N–H and O–H groups in total. The molecule has 0 bridgehead atoms. The van der Waals surface area contributed by atoms with Crippen molar-refractivity contribution in [3.63, 3.8) is 0 Å². The van der Waals surface area contributed by atoms with Gasteiger partial charge in [0.2, 0.25) is 0 Å². The Morgan fingerprint density at radius 3 is 1.05 bits per heavy atom. The van der Waals surface area contributed by atoms with Gasteiger partial charge in [0.25, 0.3) is 0 Å². The number of halogens is 3. The molecule has 3 aromatic carbocycles. The third-order valence-corrected chi connectivity index (χ3v) is 7.02. The minimum absolute atomic E-state index is 0. The third kappa shape index (κ3) is 7.27. The van der Waals surface area contributed by atoms with E-state index in [9.17, 15) is 0 Å². The number of hydrogen-bond donors (Lipinski definition) is 0. The van der Waals surface area contributed by atoms with Crippen LogP contribution >= 0.6 is 0 Å². The van der Waals surface area contributed by atoms with Gasteiger partial charge in [0.1, 0.15) is 0 Å². The topological polar surface area (TPSA) is 0 Å². The third-order valence-electron chi connectivity index (χ3n) is 7.02. The Morgan fingerprint density at radius 2 is 0.816 bits per heavy atom. The summed E-state index contributed by atoms with van der Waals surface area (Å²) in [6.07, 6.45) is 7.28. The molecule has 0 fully saturated rings. The fourth-order valence-electron chi connectivity index (χ4n) is 5.81. The van der Waals surface area contributed by atoms with Crippen LogP contribution in [0.5, 0.6) is 0 Å². The molecule has 4 rings (SSSR count). The van der Waals surface area contributed by atoms with Crippen molar-refractivity contribution in [2.45, 2.75) is 74.1 Å². The van der Waals surface area contributed by atoms with Gasteiger partial charge in [-0.15, -0.1) is 0 Å². The van der Waals surface area contributed by atoms with Crippen LogP contribution in [-0.2, 0) is 27.1 Å². The normalized spacial score (nSPS) is 12.8. The van der Waals surface area contributed by atoms with Gasteiger partial charge in [-0.1, -0.05) is 115 Å². The molecule has 1 aliphatic carbocycles. The van der Waals surface area contributed by atoms with E-state index in [4.69, 9.17) is 0 Å². The second-order valence-electron chi connectivity index (χ2n) is 11.6. The molecular weight excluding hydrogens is 563 g/mol. The van der Waals surface area contributed by atoms with E-state index in [0.717, 1.165) is 6.42 Å². The van der Waals surface area contributed by atoms with Gasteiger partial charge in [-0.2, -0.15) is 5.57 Å². The Kier molecular flexibility index (Phi) is 13.4. The van der Waals surface area contributed by atoms with Crippen molar-refractivity contribution in [3.05, 3.63) is 128 Å². The summed E-state index contributed by atoms with van der Waals surface area (Å²) in [6, 6.07) is 21.2. The number of benzene rings is 3. The molecule has 0 heterocycles. The van der Waals surface area contributed by atoms with E-state index < -0.39 is 5.41 Å². The van der Waals surface area contributed by atoms with Gasteiger partial charge in [0.05, 0.1) is 0 Å². The molecule has 0 amide bonds. The smallest absolute Gasteiger partial charge is 1.00 e. The molecule has 0 saturated heterocycles. The molecule has 200 valence electrons. The zero-order valence-corrected chi connectivity index (χ0v) is 27.9. The maximum Gasteiger partial charge on any atom is 4.00 e. The van der Waals surface area contributed by atoms with Gasteiger partial charge < -0.3 is 37.2 Å². The summed E-state index contributed by atoms with van der Waals surface area (Å²) in [4.78, 5) is 0. The van der Waals surface area contributed by atoms with E-state index in [1.807, 2.05) is 0 Å². The van der Waals surface area contributed by atoms with Crippen molar-refractivity contribution >= 4 is 0 Å². The summed E-state index contributed by atoms with van der Waals surface area (Å²) in [7, 11) is 0. The molecule has 0 saturated carbocycles. The van der Waals surface area contributed by atoms with Gasteiger partial charge >= 0.3 is 21.7 Å². The zero-order chi connectivity index (χ0) is 24.8. The molecule has 0 spiro atoms. The summed E-state index contributed by atoms with van der Waals surface area (Å²) in [5.41, 5.74) is 14.2. The van der Waals surface area contributed by atoms with Crippen molar-refractivity contribution in [2.24, 2.45) is 5.41 Å². The maximum absolute atomic E-state index is 3.96. The van der Waals surface area contributed by atoms with Gasteiger partial charge in [0.15, 0.2) is 0 Å². The van der Waals surface area contributed by atoms with E-state index >= 15 is 0 Å². The van der Waals surface area contributed by atoms with Crippen LogP contribution in [-0.4, -0.2) is 0 Å². The number of allylic oxidation sites excluding steroid dienone is 4. The summed E-state index contributed by atoms with van der Waals surface area (Å²) in [6.45, 7) is 20.2. The first-order valence-electron chi connectivity index (χ1n) is 12.5. The number of rotatable bonds is 4. The van der Waals surface area contributed by atoms with E-state index in [1.165, 1.54) is 61.2 Å². The van der Waals surface area contributed by atoms with E-state index in [-0.39, 0.29) is 64.4 Å². The van der Waals surface area contributed by atoms with E-state index in [1.54, 1.807) is 0 Å². The first-order chi connectivity index (χ1) is 15.9. The molecule has 0 nitrogen and oxygen atoms in total. The van der Waals surface area contributed by atoms with Gasteiger partial charge in [-0.3, -0.25) is 0 Å². The minimum atomic E-state index is -0.395. The van der Waals surface area contributed by atoms with Crippen LogP contribution in [0.25, 0.3) is 0 Å². The first-order valence-corrected chi connectivity index (χ1v) is 12.5. The summed E-state index contributed by atoms with van der Waals surface area (Å²) < 4.78 is 0. The molecule has 0 unspecified atom stereocenters. The van der Waals surface area contributed by atoms with E-state index in [2.05, 4.69) is 129 Å². The predicted octanol–water partition coefficient (Wildman–Crippen LogP) is -0.0132. The maximum atomic E-state index is 3.96. The predicted molar refractivity (Wildman–Crippen MR) is 147 cm³/mol. The Morgan fingerprint density at radius 1 is 0.526 bits per heavy atom. The van der Waals surface area contributed by atoms with Crippen molar-refractivity contribution in [3.8, 4) is 0 Å². The van der Waals surface area contributed by atoms with Crippen LogP contribution < -0.4 is 37.2 Å². The van der Waals surface area contributed by atoms with Crippen LogP contribution in [0.2, 0.25) is 0 Å². The standard InChI is InChI=1S/C34H39.3ClH.Ti/c1-22-12-23(2)16-30(15-22)34(31-17-24(3)13-25(4)18-31,32-19-26(5)14-27(6)20-32)29-11-10-28(21-29)33(7,8)9;;;;/h10,12-20H,11H2,1-9H3;3*1H;/q-1;;;;+4/p-3. The molecule has 38 heavy (non-hydrogen) atoms. The summed E-state index contributed by atoms with van der Waals surface area (Å²) >= 11 is 0. The zero-order valence-electron chi connectivity index (χ0n) is 24.1.